The highest BCUT2D eigenvalue weighted by atomic mass is 79.9. The monoisotopic (exact) mass is 376 g/mol. The molecule has 2 heterocycles. The summed E-state index contributed by atoms with van der Waals surface area (Å²) < 4.78 is 29.5. The van der Waals surface area contributed by atoms with Gasteiger partial charge in [0.1, 0.15) is 0 Å². The van der Waals surface area contributed by atoms with Crippen LogP contribution in [0.5, 0.6) is 0 Å². The van der Waals surface area contributed by atoms with E-state index in [0.29, 0.717) is 13.0 Å². The van der Waals surface area contributed by atoms with Crippen molar-refractivity contribution in [3.63, 3.8) is 0 Å². The van der Waals surface area contributed by atoms with E-state index in [2.05, 4.69) is 25.8 Å². The van der Waals surface area contributed by atoms with E-state index >= 15 is 0 Å². The molecule has 0 spiro atoms. The van der Waals surface area contributed by atoms with Gasteiger partial charge in [0.05, 0.1) is 22.6 Å². The van der Waals surface area contributed by atoms with Gasteiger partial charge in [-0.2, -0.15) is 8.42 Å². The van der Waals surface area contributed by atoms with Gasteiger partial charge in [0, 0.05) is 17.6 Å². The first-order valence-corrected chi connectivity index (χ1v) is 9.52. The Kier molecular flexibility index (Phi) is 3.74. The fraction of sp³-hybridized carbons (Fsp3) is 0.417. The van der Waals surface area contributed by atoms with Crippen LogP contribution in [0.1, 0.15) is 6.42 Å². The zero-order chi connectivity index (χ0) is 14.3. The van der Waals surface area contributed by atoms with Crippen molar-refractivity contribution < 1.29 is 12.6 Å². The third kappa shape index (κ3) is 3.13. The van der Waals surface area contributed by atoms with Gasteiger partial charge in [-0.1, -0.05) is 27.3 Å². The van der Waals surface area contributed by atoms with Crippen molar-refractivity contribution in [2.45, 2.75) is 12.5 Å². The quantitative estimate of drug-likeness (QED) is 0.770. The average Bonchev–Trinajstić information content (AvgIpc) is 2.92. The van der Waals surface area contributed by atoms with E-state index in [9.17, 15) is 8.42 Å². The van der Waals surface area contributed by atoms with Gasteiger partial charge >= 0.3 is 0 Å². The summed E-state index contributed by atoms with van der Waals surface area (Å²) in [7, 11) is -3.39. The van der Waals surface area contributed by atoms with Gasteiger partial charge in [-0.15, -0.1) is 0 Å². The highest BCUT2D eigenvalue weighted by Gasteiger charge is 2.28. The van der Waals surface area contributed by atoms with Gasteiger partial charge in [0.2, 0.25) is 0 Å². The molecule has 0 aliphatic carbocycles. The number of thiazole rings is 1. The van der Waals surface area contributed by atoms with E-state index in [1.54, 1.807) is 11.3 Å². The van der Waals surface area contributed by atoms with Gasteiger partial charge in [0.25, 0.3) is 10.1 Å². The first-order chi connectivity index (χ1) is 9.40. The Morgan fingerprint density at radius 2 is 2.30 bits per heavy atom. The van der Waals surface area contributed by atoms with Crippen molar-refractivity contribution in [3.8, 4) is 0 Å². The Morgan fingerprint density at radius 3 is 3.05 bits per heavy atom. The van der Waals surface area contributed by atoms with Crippen LogP contribution in [0.25, 0.3) is 10.2 Å². The Morgan fingerprint density at radius 1 is 1.50 bits per heavy atom. The van der Waals surface area contributed by atoms with Crippen LogP contribution in [0.3, 0.4) is 0 Å². The minimum Gasteiger partial charge on any atom is -0.345 e. The van der Waals surface area contributed by atoms with E-state index in [1.165, 1.54) is 0 Å². The van der Waals surface area contributed by atoms with Crippen molar-refractivity contribution in [2.75, 3.05) is 24.2 Å². The number of hydrogen-bond donors (Lipinski definition) is 0. The van der Waals surface area contributed by atoms with Crippen LogP contribution < -0.4 is 4.90 Å². The molecule has 3 rings (SSSR count). The molecule has 0 bridgehead atoms. The predicted molar refractivity (Wildman–Crippen MR) is 83.9 cm³/mol. The topological polar surface area (TPSA) is 59.5 Å². The molecule has 1 atom stereocenters. The van der Waals surface area contributed by atoms with Crippen LogP contribution in [-0.2, 0) is 14.3 Å². The number of anilines is 1. The molecular formula is C12H13BrN2O3S2. The summed E-state index contributed by atoms with van der Waals surface area (Å²) in [6.07, 6.45) is 1.51. The molecule has 20 heavy (non-hydrogen) atoms. The number of rotatable bonds is 3. The number of hydrogen-bond acceptors (Lipinski definition) is 6. The Labute approximate surface area is 129 Å². The van der Waals surface area contributed by atoms with Gasteiger partial charge in [-0.3, -0.25) is 4.18 Å². The summed E-state index contributed by atoms with van der Waals surface area (Å²) in [6.45, 7) is 1.33. The van der Waals surface area contributed by atoms with Crippen LogP contribution in [0.4, 0.5) is 5.13 Å². The summed E-state index contributed by atoms with van der Waals surface area (Å²) in [5.74, 6) is 0. The largest absolute Gasteiger partial charge is 0.345 e. The van der Waals surface area contributed by atoms with E-state index in [1.807, 2.05) is 18.2 Å². The van der Waals surface area contributed by atoms with E-state index < -0.39 is 10.1 Å². The summed E-state index contributed by atoms with van der Waals surface area (Å²) in [4.78, 5) is 6.66. The molecule has 1 aromatic heterocycles. The number of halogens is 1. The maximum atomic E-state index is 11.1. The summed E-state index contributed by atoms with van der Waals surface area (Å²) in [6, 6.07) is 5.97. The maximum Gasteiger partial charge on any atom is 0.264 e. The summed E-state index contributed by atoms with van der Waals surface area (Å²) in [5.41, 5.74) is 0.959. The van der Waals surface area contributed by atoms with Crippen LogP contribution >= 0.6 is 27.3 Å². The lowest BCUT2D eigenvalue weighted by Gasteiger charge is -2.14. The van der Waals surface area contributed by atoms with Crippen molar-refractivity contribution >= 4 is 52.7 Å². The average molecular weight is 377 g/mol. The van der Waals surface area contributed by atoms with Crippen molar-refractivity contribution in [3.05, 3.63) is 22.7 Å². The zero-order valence-electron chi connectivity index (χ0n) is 10.7. The second-order valence-electron chi connectivity index (χ2n) is 4.77. The molecule has 1 fully saturated rings. The van der Waals surface area contributed by atoms with Gasteiger partial charge in [-0.25, -0.2) is 4.98 Å². The number of aromatic nitrogens is 1. The maximum absolute atomic E-state index is 11.1. The number of nitrogens with zero attached hydrogens (tertiary/aromatic N) is 2. The number of fused-ring (bicyclic) bond motifs is 1. The summed E-state index contributed by atoms with van der Waals surface area (Å²) >= 11 is 5.05. The van der Waals surface area contributed by atoms with Crippen LogP contribution in [-0.4, -0.2) is 38.9 Å². The van der Waals surface area contributed by atoms with Crippen molar-refractivity contribution in [1.29, 1.82) is 0 Å². The highest BCUT2D eigenvalue weighted by Crippen LogP contribution is 2.32. The second kappa shape index (κ2) is 5.25. The fourth-order valence-electron chi connectivity index (χ4n) is 2.25. The standard InChI is InChI=1S/C12H13BrN2O3S2/c1-20(16,17)18-9-4-5-15(7-9)12-14-10-3-2-8(13)6-11(10)19-12/h2-3,6,9H,4-5,7H2,1H3/t9-/m0/s1. The minimum absolute atomic E-state index is 0.274. The molecule has 108 valence electrons. The Hall–Kier alpha value is -0.700. The van der Waals surface area contributed by atoms with E-state index in [-0.39, 0.29) is 6.10 Å². The molecule has 1 aliphatic rings. The van der Waals surface area contributed by atoms with Crippen LogP contribution in [0.2, 0.25) is 0 Å². The lowest BCUT2D eigenvalue weighted by molar-refractivity contribution is 0.234. The summed E-state index contributed by atoms with van der Waals surface area (Å²) in [5, 5.41) is 0.915. The van der Waals surface area contributed by atoms with Crippen molar-refractivity contribution in [2.24, 2.45) is 0 Å². The third-order valence-corrected chi connectivity index (χ3v) is 5.26. The van der Waals surface area contributed by atoms with Crippen LogP contribution in [0, 0.1) is 0 Å². The minimum atomic E-state index is -3.39. The Balaban J connectivity index is 1.79. The molecule has 5 nitrogen and oxygen atoms in total. The van der Waals surface area contributed by atoms with Crippen LogP contribution in [0.15, 0.2) is 22.7 Å². The Bertz CT molecular complexity index is 744. The zero-order valence-corrected chi connectivity index (χ0v) is 14.0. The lowest BCUT2D eigenvalue weighted by atomic mass is 10.3. The van der Waals surface area contributed by atoms with Gasteiger partial charge in [0.15, 0.2) is 5.13 Å². The predicted octanol–water partition coefficient (Wildman–Crippen LogP) is 2.61. The lowest BCUT2D eigenvalue weighted by Crippen LogP contribution is -2.24. The molecule has 0 N–H and O–H groups in total. The molecular weight excluding hydrogens is 364 g/mol. The first kappa shape index (κ1) is 14.2. The molecule has 1 aliphatic heterocycles. The molecule has 0 unspecified atom stereocenters. The smallest absolute Gasteiger partial charge is 0.264 e. The van der Waals surface area contributed by atoms with Crippen molar-refractivity contribution in [1.82, 2.24) is 4.98 Å². The van der Waals surface area contributed by atoms with Gasteiger partial charge in [-0.05, 0) is 24.6 Å². The molecule has 8 heteroatoms. The van der Waals surface area contributed by atoms with E-state index in [4.69, 9.17) is 4.18 Å². The number of benzene rings is 1. The normalized spacial score (nSPS) is 19.9. The first-order valence-electron chi connectivity index (χ1n) is 6.10. The molecule has 0 saturated carbocycles. The molecule has 1 saturated heterocycles. The molecule has 2 aromatic rings. The molecule has 1 aromatic carbocycles. The second-order valence-corrected chi connectivity index (χ2v) is 8.29. The SMILES string of the molecule is CS(=O)(=O)O[C@H]1CCN(c2nc3ccc(Br)cc3s2)C1. The molecule has 0 radical (unpaired) electrons. The fourth-order valence-corrected chi connectivity index (χ4v) is 4.45. The highest BCUT2D eigenvalue weighted by molar-refractivity contribution is 9.10. The molecule has 0 amide bonds. The van der Waals surface area contributed by atoms with E-state index in [0.717, 1.165) is 32.6 Å². The third-order valence-electron chi connectivity index (χ3n) is 3.07. The van der Waals surface area contributed by atoms with Gasteiger partial charge < -0.3 is 4.90 Å².